The zero-order valence-electron chi connectivity index (χ0n) is 18.3. The van der Waals surface area contributed by atoms with Crippen molar-refractivity contribution in [3.05, 3.63) is 86.6 Å². The number of benzene rings is 2. The monoisotopic (exact) mass is 515 g/mol. The van der Waals surface area contributed by atoms with Crippen molar-refractivity contribution in [2.75, 3.05) is 6.54 Å². The molecule has 3 amide bonds. The first-order valence-corrected chi connectivity index (χ1v) is 11.7. The minimum atomic E-state index is -1.38. The van der Waals surface area contributed by atoms with Gasteiger partial charge in [0.25, 0.3) is 11.8 Å². The zero-order chi connectivity index (χ0) is 25.4. The molecule has 1 aromatic heterocycles. The summed E-state index contributed by atoms with van der Waals surface area (Å²) in [6.45, 7) is -0.135. The molecule has 182 valence electrons. The molecule has 1 atom stereocenters. The van der Waals surface area contributed by atoms with Gasteiger partial charge in [0, 0.05) is 23.5 Å². The molecule has 0 saturated carbocycles. The smallest absolute Gasteiger partial charge is 0.328 e. The maximum Gasteiger partial charge on any atom is 0.328 e. The molecule has 0 aliphatic carbocycles. The molecule has 9 nitrogen and oxygen atoms in total. The van der Waals surface area contributed by atoms with Crippen molar-refractivity contribution in [3.63, 3.8) is 0 Å². The second-order valence-electron chi connectivity index (χ2n) is 7.47. The van der Waals surface area contributed by atoms with Gasteiger partial charge < -0.3 is 26.2 Å². The van der Waals surface area contributed by atoms with Crippen LogP contribution in [0.3, 0.4) is 0 Å². The van der Waals surface area contributed by atoms with Gasteiger partial charge in [-0.15, -0.1) is 11.3 Å². The maximum absolute atomic E-state index is 12.6. The molecule has 5 N–H and O–H groups in total. The molecule has 0 saturated heterocycles. The number of halogens is 1. The van der Waals surface area contributed by atoms with E-state index >= 15 is 0 Å². The van der Waals surface area contributed by atoms with E-state index in [1.807, 2.05) is 5.38 Å². The quantitative estimate of drug-likeness (QED) is 0.280. The molecule has 3 rings (SSSR count). The number of aromatic hydroxyl groups is 1. The van der Waals surface area contributed by atoms with E-state index in [1.165, 1.54) is 41.7 Å². The van der Waals surface area contributed by atoms with Crippen molar-refractivity contribution in [3.8, 4) is 5.75 Å². The average Bonchev–Trinajstić information content (AvgIpc) is 3.32. The number of hydrogen-bond donors (Lipinski definition) is 5. The van der Waals surface area contributed by atoms with E-state index in [-0.39, 0.29) is 47.3 Å². The summed E-state index contributed by atoms with van der Waals surface area (Å²) in [6.07, 6.45) is 0.110. The summed E-state index contributed by atoms with van der Waals surface area (Å²) in [5, 5.41) is 28.2. The first-order chi connectivity index (χ1) is 16.7. The number of carboxylic acid groups (broad SMARTS) is 1. The Hall–Kier alpha value is -3.89. The Morgan fingerprint density at radius 1 is 0.971 bits per heavy atom. The molecule has 0 aliphatic heterocycles. The minimum Gasteiger partial charge on any atom is -0.508 e. The first kappa shape index (κ1) is 25.7. The molecule has 0 fully saturated rings. The van der Waals surface area contributed by atoms with E-state index in [0.29, 0.717) is 5.56 Å². The van der Waals surface area contributed by atoms with Gasteiger partial charge in [-0.2, -0.15) is 0 Å². The SMILES string of the molecule is O=C(Cc1cccs1)NC[C@H](NC(=O)c1ccc(C(=O)NCc2cccc(O)c2)cc1Cl)C(=O)O. The molecule has 3 aromatic rings. The maximum atomic E-state index is 12.6. The fourth-order valence-corrected chi connectivity index (χ4v) is 4.05. The van der Waals surface area contributed by atoms with Crippen LogP contribution in [0.5, 0.6) is 5.75 Å². The highest BCUT2D eigenvalue weighted by Crippen LogP contribution is 2.19. The van der Waals surface area contributed by atoms with Crippen LogP contribution in [0.2, 0.25) is 5.02 Å². The van der Waals surface area contributed by atoms with Crippen molar-refractivity contribution >= 4 is 46.6 Å². The standard InChI is InChI=1S/C24H22ClN3O6S/c25-19-10-15(22(31)27-12-14-3-1-4-16(29)9-14)6-7-18(19)23(32)28-20(24(33)34)13-26-21(30)11-17-5-2-8-35-17/h1-10,20,29H,11-13H2,(H,26,30)(H,27,31)(H,28,32)(H,33,34)/t20-/m0/s1. The van der Waals surface area contributed by atoms with Crippen molar-refractivity contribution < 1.29 is 29.4 Å². The zero-order valence-corrected chi connectivity index (χ0v) is 19.9. The summed E-state index contributed by atoms with van der Waals surface area (Å²) < 4.78 is 0. The Kier molecular flexibility index (Phi) is 8.82. The molecule has 1 heterocycles. The third kappa shape index (κ3) is 7.56. The van der Waals surface area contributed by atoms with Crippen LogP contribution in [0, 0.1) is 0 Å². The Bertz CT molecular complexity index is 1230. The lowest BCUT2D eigenvalue weighted by Crippen LogP contribution is -2.48. The van der Waals surface area contributed by atoms with Crippen LogP contribution in [0.25, 0.3) is 0 Å². The normalized spacial score (nSPS) is 11.3. The summed E-state index contributed by atoms with van der Waals surface area (Å²) in [4.78, 5) is 49.5. The highest BCUT2D eigenvalue weighted by molar-refractivity contribution is 7.10. The molecule has 0 unspecified atom stereocenters. The number of thiophene rings is 1. The fourth-order valence-electron chi connectivity index (χ4n) is 3.08. The van der Waals surface area contributed by atoms with Crippen molar-refractivity contribution in [1.82, 2.24) is 16.0 Å². The lowest BCUT2D eigenvalue weighted by atomic mass is 10.1. The van der Waals surface area contributed by atoms with E-state index in [9.17, 15) is 29.4 Å². The second kappa shape index (κ2) is 12.0. The number of carbonyl (C=O) groups excluding carboxylic acids is 3. The van der Waals surface area contributed by atoms with Gasteiger partial charge in [-0.05, 0) is 47.3 Å². The summed E-state index contributed by atoms with van der Waals surface area (Å²) in [5.41, 5.74) is 0.873. The predicted molar refractivity (Wildman–Crippen MR) is 131 cm³/mol. The van der Waals surface area contributed by atoms with Crippen molar-refractivity contribution in [1.29, 1.82) is 0 Å². The number of carbonyl (C=O) groups is 4. The van der Waals surface area contributed by atoms with Crippen LogP contribution in [0.4, 0.5) is 0 Å². The predicted octanol–water partition coefficient (Wildman–Crippen LogP) is 2.58. The average molecular weight is 516 g/mol. The second-order valence-corrected chi connectivity index (χ2v) is 8.91. The number of phenols is 1. The van der Waals surface area contributed by atoms with Crippen LogP contribution >= 0.6 is 22.9 Å². The largest absolute Gasteiger partial charge is 0.508 e. The molecule has 0 aliphatic rings. The third-order valence-corrected chi connectivity index (χ3v) is 6.05. The summed E-state index contributed by atoms with van der Waals surface area (Å²) in [6, 6.07) is 12.6. The van der Waals surface area contributed by atoms with Crippen LogP contribution < -0.4 is 16.0 Å². The van der Waals surface area contributed by atoms with Gasteiger partial charge in [0.2, 0.25) is 5.91 Å². The topological polar surface area (TPSA) is 145 Å². The number of amides is 3. The van der Waals surface area contributed by atoms with Crippen LogP contribution in [0.1, 0.15) is 31.2 Å². The molecule has 0 spiro atoms. The molecule has 35 heavy (non-hydrogen) atoms. The number of carboxylic acids is 1. The molecule has 0 radical (unpaired) electrons. The third-order valence-electron chi connectivity index (χ3n) is 4.86. The number of aliphatic carboxylic acids is 1. The Morgan fingerprint density at radius 3 is 2.43 bits per heavy atom. The van der Waals surface area contributed by atoms with E-state index in [0.717, 1.165) is 4.88 Å². The van der Waals surface area contributed by atoms with Crippen LogP contribution in [-0.2, 0) is 22.6 Å². The van der Waals surface area contributed by atoms with E-state index in [4.69, 9.17) is 11.6 Å². The highest BCUT2D eigenvalue weighted by Gasteiger charge is 2.23. The van der Waals surface area contributed by atoms with E-state index < -0.39 is 23.8 Å². The molecule has 11 heteroatoms. The van der Waals surface area contributed by atoms with Crippen molar-refractivity contribution in [2.45, 2.75) is 19.0 Å². The van der Waals surface area contributed by atoms with Gasteiger partial charge in [-0.1, -0.05) is 29.8 Å². The van der Waals surface area contributed by atoms with Gasteiger partial charge in [-0.3, -0.25) is 14.4 Å². The van der Waals surface area contributed by atoms with Gasteiger partial charge in [0.15, 0.2) is 0 Å². The summed E-state index contributed by atoms with van der Waals surface area (Å²) >= 11 is 7.59. The van der Waals surface area contributed by atoms with Gasteiger partial charge in [0.1, 0.15) is 11.8 Å². The van der Waals surface area contributed by atoms with Gasteiger partial charge in [0.05, 0.1) is 17.0 Å². The number of phenolic OH excluding ortho intramolecular Hbond substituents is 1. The highest BCUT2D eigenvalue weighted by atomic mass is 35.5. The summed E-state index contributed by atoms with van der Waals surface area (Å²) in [7, 11) is 0. The van der Waals surface area contributed by atoms with E-state index in [2.05, 4.69) is 16.0 Å². The van der Waals surface area contributed by atoms with Crippen LogP contribution in [0.15, 0.2) is 60.0 Å². The Balaban J connectivity index is 1.57. The summed E-state index contributed by atoms with van der Waals surface area (Å²) in [5.74, 6) is -2.82. The molecule has 2 aromatic carbocycles. The van der Waals surface area contributed by atoms with Crippen molar-refractivity contribution in [2.24, 2.45) is 0 Å². The van der Waals surface area contributed by atoms with Gasteiger partial charge in [-0.25, -0.2) is 4.79 Å². The lowest BCUT2D eigenvalue weighted by Gasteiger charge is -2.16. The lowest BCUT2D eigenvalue weighted by molar-refractivity contribution is -0.139. The Morgan fingerprint density at radius 2 is 1.77 bits per heavy atom. The number of rotatable bonds is 10. The number of hydrogen-bond acceptors (Lipinski definition) is 6. The minimum absolute atomic E-state index is 0.0210. The van der Waals surface area contributed by atoms with E-state index in [1.54, 1.807) is 24.3 Å². The molecule has 0 bridgehead atoms. The van der Waals surface area contributed by atoms with Gasteiger partial charge >= 0.3 is 5.97 Å². The molecular formula is C24H22ClN3O6S. The first-order valence-electron chi connectivity index (χ1n) is 10.4. The molecular weight excluding hydrogens is 494 g/mol. The Labute approximate surface area is 209 Å². The fraction of sp³-hybridized carbons (Fsp3) is 0.167. The van der Waals surface area contributed by atoms with Crippen LogP contribution in [-0.4, -0.2) is 46.5 Å². The number of nitrogens with one attached hydrogen (secondary N) is 3.